The molecule has 0 aromatic carbocycles. The van der Waals surface area contributed by atoms with Gasteiger partial charge in [0, 0.05) is 6.04 Å². The number of hydrogen-bond acceptors (Lipinski definition) is 1. The molecule has 0 heterocycles. The van der Waals surface area contributed by atoms with Crippen LogP contribution in [0.4, 0.5) is 0 Å². The molecule has 0 fully saturated rings. The van der Waals surface area contributed by atoms with Crippen molar-refractivity contribution in [2.75, 3.05) is 6.54 Å². The van der Waals surface area contributed by atoms with E-state index in [1.165, 1.54) is 18.4 Å². The fourth-order valence-electron chi connectivity index (χ4n) is 1.58. The molecule has 0 aromatic heterocycles. The molecule has 0 amide bonds. The van der Waals surface area contributed by atoms with Gasteiger partial charge in [-0.15, -0.1) is 6.58 Å². The first-order valence-corrected chi connectivity index (χ1v) is 5.44. The first kappa shape index (κ1) is 12.7. The molecule has 1 unspecified atom stereocenters. The Balaban J connectivity index is 3.80. The SMILES string of the molecule is C=C(C)CC(CC(C)C)NCCC. The van der Waals surface area contributed by atoms with E-state index in [0.29, 0.717) is 6.04 Å². The molecule has 0 bridgehead atoms. The fraction of sp³-hybridized carbons (Fsp3) is 0.833. The van der Waals surface area contributed by atoms with Gasteiger partial charge < -0.3 is 5.32 Å². The molecule has 78 valence electrons. The molecular weight excluding hydrogens is 158 g/mol. The average molecular weight is 183 g/mol. The summed E-state index contributed by atoms with van der Waals surface area (Å²) in [5.74, 6) is 0.772. The Kier molecular flexibility index (Phi) is 6.97. The lowest BCUT2D eigenvalue weighted by Crippen LogP contribution is -2.31. The monoisotopic (exact) mass is 183 g/mol. The van der Waals surface area contributed by atoms with Crippen LogP contribution >= 0.6 is 0 Å². The predicted octanol–water partition coefficient (Wildman–Crippen LogP) is 3.37. The summed E-state index contributed by atoms with van der Waals surface area (Å²) < 4.78 is 0. The van der Waals surface area contributed by atoms with Crippen molar-refractivity contribution < 1.29 is 0 Å². The van der Waals surface area contributed by atoms with E-state index in [1.807, 2.05) is 0 Å². The highest BCUT2D eigenvalue weighted by molar-refractivity contribution is 4.93. The molecule has 0 aromatic rings. The van der Waals surface area contributed by atoms with Crippen molar-refractivity contribution >= 4 is 0 Å². The third-order valence-electron chi connectivity index (χ3n) is 2.03. The lowest BCUT2D eigenvalue weighted by Gasteiger charge is -2.20. The summed E-state index contributed by atoms with van der Waals surface area (Å²) >= 11 is 0. The largest absolute Gasteiger partial charge is 0.314 e. The number of hydrogen-bond donors (Lipinski definition) is 1. The zero-order valence-electron chi connectivity index (χ0n) is 9.69. The zero-order chi connectivity index (χ0) is 10.3. The van der Waals surface area contributed by atoms with Crippen LogP contribution in [0.2, 0.25) is 0 Å². The van der Waals surface area contributed by atoms with E-state index in [-0.39, 0.29) is 0 Å². The maximum atomic E-state index is 3.97. The molecule has 0 aliphatic carbocycles. The van der Waals surface area contributed by atoms with Gasteiger partial charge in [-0.05, 0) is 38.6 Å². The molecule has 1 atom stereocenters. The normalized spacial score (nSPS) is 13.3. The second-order valence-corrected chi connectivity index (χ2v) is 4.44. The second-order valence-electron chi connectivity index (χ2n) is 4.44. The van der Waals surface area contributed by atoms with Gasteiger partial charge in [0.05, 0.1) is 0 Å². The van der Waals surface area contributed by atoms with Crippen molar-refractivity contribution in [3.8, 4) is 0 Å². The summed E-state index contributed by atoms with van der Waals surface area (Å²) in [5, 5.41) is 3.57. The maximum Gasteiger partial charge on any atom is 0.0106 e. The molecule has 0 aliphatic rings. The predicted molar refractivity (Wildman–Crippen MR) is 61.0 cm³/mol. The third-order valence-corrected chi connectivity index (χ3v) is 2.03. The Bertz CT molecular complexity index is 138. The van der Waals surface area contributed by atoms with Crippen LogP contribution in [0.15, 0.2) is 12.2 Å². The van der Waals surface area contributed by atoms with Crippen molar-refractivity contribution in [2.24, 2.45) is 5.92 Å². The first-order chi connectivity index (χ1) is 6.06. The van der Waals surface area contributed by atoms with Crippen LogP contribution in [0.1, 0.15) is 47.0 Å². The van der Waals surface area contributed by atoms with E-state index in [9.17, 15) is 0 Å². The van der Waals surface area contributed by atoms with E-state index in [0.717, 1.165) is 18.9 Å². The molecule has 1 nitrogen and oxygen atoms in total. The van der Waals surface area contributed by atoms with Crippen LogP contribution in [0.3, 0.4) is 0 Å². The minimum absolute atomic E-state index is 0.637. The van der Waals surface area contributed by atoms with Crippen LogP contribution in [0.25, 0.3) is 0 Å². The number of rotatable bonds is 7. The van der Waals surface area contributed by atoms with Crippen LogP contribution in [-0.4, -0.2) is 12.6 Å². The summed E-state index contributed by atoms with van der Waals surface area (Å²) in [7, 11) is 0. The van der Waals surface area contributed by atoms with Gasteiger partial charge in [-0.3, -0.25) is 0 Å². The smallest absolute Gasteiger partial charge is 0.0106 e. The summed E-state index contributed by atoms with van der Waals surface area (Å²) in [6, 6.07) is 0.637. The fourth-order valence-corrected chi connectivity index (χ4v) is 1.58. The van der Waals surface area contributed by atoms with Crippen LogP contribution < -0.4 is 5.32 Å². The quantitative estimate of drug-likeness (QED) is 0.597. The molecule has 0 saturated carbocycles. The van der Waals surface area contributed by atoms with Crippen molar-refractivity contribution in [2.45, 2.75) is 53.0 Å². The maximum absolute atomic E-state index is 3.97. The second kappa shape index (κ2) is 7.14. The van der Waals surface area contributed by atoms with Crippen molar-refractivity contribution in [3.63, 3.8) is 0 Å². The summed E-state index contributed by atoms with van der Waals surface area (Å²) in [6.45, 7) is 14.0. The van der Waals surface area contributed by atoms with Gasteiger partial charge in [0.25, 0.3) is 0 Å². The highest BCUT2D eigenvalue weighted by Crippen LogP contribution is 2.11. The average Bonchev–Trinajstić information content (AvgIpc) is 1.98. The Hall–Kier alpha value is -0.300. The van der Waals surface area contributed by atoms with Gasteiger partial charge in [-0.1, -0.05) is 26.3 Å². The molecule has 0 rings (SSSR count). The molecular formula is C12H25N. The van der Waals surface area contributed by atoms with Gasteiger partial charge in [0.15, 0.2) is 0 Å². The molecule has 1 N–H and O–H groups in total. The summed E-state index contributed by atoms with van der Waals surface area (Å²) in [4.78, 5) is 0. The molecule has 0 saturated heterocycles. The van der Waals surface area contributed by atoms with Crippen molar-refractivity contribution in [1.82, 2.24) is 5.32 Å². The van der Waals surface area contributed by atoms with Crippen LogP contribution in [0, 0.1) is 5.92 Å². The Morgan fingerprint density at radius 3 is 2.38 bits per heavy atom. The lowest BCUT2D eigenvalue weighted by molar-refractivity contribution is 0.416. The molecule has 0 spiro atoms. The van der Waals surface area contributed by atoms with Gasteiger partial charge in [0.2, 0.25) is 0 Å². The van der Waals surface area contributed by atoms with E-state index in [4.69, 9.17) is 0 Å². The van der Waals surface area contributed by atoms with Gasteiger partial charge in [-0.2, -0.15) is 0 Å². The van der Waals surface area contributed by atoms with Crippen molar-refractivity contribution in [1.29, 1.82) is 0 Å². The van der Waals surface area contributed by atoms with Crippen LogP contribution in [0.5, 0.6) is 0 Å². The lowest BCUT2D eigenvalue weighted by atomic mass is 9.98. The summed E-state index contributed by atoms with van der Waals surface area (Å²) in [6.07, 6.45) is 3.59. The molecule has 13 heavy (non-hydrogen) atoms. The summed E-state index contributed by atoms with van der Waals surface area (Å²) in [5.41, 5.74) is 1.29. The van der Waals surface area contributed by atoms with Gasteiger partial charge in [-0.25, -0.2) is 0 Å². The Labute approximate surface area is 83.6 Å². The van der Waals surface area contributed by atoms with E-state index in [1.54, 1.807) is 0 Å². The molecule has 0 aliphatic heterocycles. The van der Waals surface area contributed by atoms with E-state index in [2.05, 4.69) is 39.6 Å². The minimum atomic E-state index is 0.637. The number of nitrogens with one attached hydrogen (secondary N) is 1. The van der Waals surface area contributed by atoms with E-state index < -0.39 is 0 Å². The first-order valence-electron chi connectivity index (χ1n) is 5.44. The Morgan fingerprint density at radius 1 is 1.38 bits per heavy atom. The van der Waals surface area contributed by atoms with Crippen molar-refractivity contribution in [3.05, 3.63) is 12.2 Å². The zero-order valence-corrected chi connectivity index (χ0v) is 9.69. The standard InChI is InChI=1S/C12H25N/c1-6-7-13-12(8-10(2)3)9-11(4)5/h11-13H,2,6-9H2,1,3-5H3. The third kappa shape index (κ3) is 8.04. The highest BCUT2D eigenvalue weighted by atomic mass is 14.9. The molecule has 1 heteroatoms. The van der Waals surface area contributed by atoms with E-state index >= 15 is 0 Å². The topological polar surface area (TPSA) is 12.0 Å². The minimum Gasteiger partial charge on any atom is -0.314 e. The van der Waals surface area contributed by atoms with Gasteiger partial charge >= 0.3 is 0 Å². The Morgan fingerprint density at radius 2 is 2.00 bits per heavy atom. The molecule has 0 radical (unpaired) electrons. The van der Waals surface area contributed by atoms with Gasteiger partial charge in [0.1, 0.15) is 0 Å². The highest BCUT2D eigenvalue weighted by Gasteiger charge is 2.09. The van der Waals surface area contributed by atoms with Crippen LogP contribution in [-0.2, 0) is 0 Å².